The summed E-state index contributed by atoms with van der Waals surface area (Å²) in [5, 5.41) is 12.2. The highest BCUT2D eigenvalue weighted by Gasteiger charge is 2.16. The molecule has 12 rings (SSSR count). The number of hydrogen-bond acceptors (Lipinski definition) is 3. The van der Waals surface area contributed by atoms with Crippen molar-refractivity contribution >= 4 is 82.2 Å². The molecule has 0 bridgehead atoms. The number of nitrogens with zero attached hydrogens (tertiary/aromatic N) is 2. The molecule has 0 radical (unpaired) electrons. The van der Waals surface area contributed by atoms with Crippen LogP contribution in [0.5, 0.6) is 0 Å². The van der Waals surface area contributed by atoms with Gasteiger partial charge in [-0.2, -0.15) is 0 Å². The quantitative estimate of drug-likeness (QED) is 0.158. The van der Waals surface area contributed by atoms with Crippen LogP contribution in [0.4, 0.5) is 17.1 Å². The molecule has 0 atom stereocenters. The predicted molar refractivity (Wildman–Crippen MR) is 253 cm³/mol. The molecule has 60 heavy (non-hydrogen) atoms. The highest BCUT2D eigenvalue weighted by molar-refractivity contribution is 6.09. The van der Waals surface area contributed by atoms with Crippen molar-refractivity contribution in [2.24, 2.45) is 0 Å². The summed E-state index contributed by atoms with van der Waals surface area (Å²) in [5.74, 6) is 0. The first-order chi connectivity index (χ1) is 29.7. The van der Waals surface area contributed by atoms with E-state index in [1.807, 2.05) is 18.2 Å². The minimum Gasteiger partial charge on any atom is -0.438 e. The van der Waals surface area contributed by atoms with Gasteiger partial charge in [0, 0.05) is 33.4 Å². The normalized spacial score (nSPS) is 11.7. The Hall–Kier alpha value is -8.01. The van der Waals surface area contributed by atoms with Gasteiger partial charge in [-0.05, 0) is 132 Å². The van der Waals surface area contributed by atoms with Gasteiger partial charge in [-0.1, -0.05) is 152 Å². The number of fused-ring (bicyclic) bond motifs is 9. The van der Waals surface area contributed by atoms with Crippen LogP contribution in [0.3, 0.4) is 0 Å². The molecule has 2 heterocycles. The van der Waals surface area contributed by atoms with Gasteiger partial charge in [-0.25, -0.2) is 4.98 Å². The molecule has 0 aliphatic carbocycles. The number of pyridine rings is 1. The fraction of sp³-hybridized carbons (Fsp3) is 0. The minimum absolute atomic E-state index is 0.652. The van der Waals surface area contributed by atoms with Gasteiger partial charge in [0.05, 0.1) is 5.69 Å². The zero-order valence-electron chi connectivity index (χ0n) is 32.6. The van der Waals surface area contributed by atoms with Crippen molar-refractivity contribution < 1.29 is 4.42 Å². The largest absolute Gasteiger partial charge is 0.438 e. The minimum atomic E-state index is 0.652. The van der Waals surface area contributed by atoms with Gasteiger partial charge >= 0.3 is 0 Å². The summed E-state index contributed by atoms with van der Waals surface area (Å²) >= 11 is 0. The van der Waals surface area contributed by atoms with Crippen LogP contribution >= 0.6 is 0 Å². The first-order valence-electron chi connectivity index (χ1n) is 20.4. The molecular weight excluding hydrogens is 729 g/mol. The summed E-state index contributed by atoms with van der Waals surface area (Å²) in [6.45, 7) is 0. The Morgan fingerprint density at radius 3 is 1.27 bits per heavy atom. The summed E-state index contributed by atoms with van der Waals surface area (Å²) in [4.78, 5) is 7.26. The third-order valence-corrected chi connectivity index (χ3v) is 12.1. The van der Waals surface area contributed by atoms with Crippen LogP contribution < -0.4 is 4.90 Å². The van der Waals surface area contributed by atoms with Crippen molar-refractivity contribution in [1.82, 2.24) is 4.98 Å². The van der Waals surface area contributed by atoms with Gasteiger partial charge in [-0.15, -0.1) is 0 Å². The molecule has 2 aromatic heterocycles. The fourth-order valence-electron chi connectivity index (χ4n) is 8.99. The van der Waals surface area contributed by atoms with E-state index in [2.05, 4.69) is 205 Å². The summed E-state index contributed by atoms with van der Waals surface area (Å²) in [5.41, 5.74) is 11.4. The maximum absolute atomic E-state index is 6.13. The van der Waals surface area contributed by atoms with E-state index in [1.165, 1.54) is 65.3 Å². The number of anilines is 3. The molecule has 0 unspecified atom stereocenters. The monoisotopic (exact) mass is 764 g/mol. The summed E-state index contributed by atoms with van der Waals surface area (Å²) in [6, 6.07) is 78.5. The van der Waals surface area contributed by atoms with Crippen LogP contribution in [0.15, 0.2) is 223 Å². The molecule has 3 nitrogen and oxygen atoms in total. The maximum Gasteiger partial charge on any atom is 0.227 e. The van der Waals surface area contributed by atoms with Gasteiger partial charge in [0.1, 0.15) is 5.58 Å². The first kappa shape index (κ1) is 34.1. The van der Waals surface area contributed by atoms with Crippen LogP contribution in [0.25, 0.3) is 98.7 Å². The molecular formula is C57H36N2O. The van der Waals surface area contributed by atoms with Gasteiger partial charge in [0.25, 0.3) is 0 Å². The maximum atomic E-state index is 6.13. The predicted octanol–water partition coefficient (Wildman–Crippen LogP) is 16.1. The van der Waals surface area contributed by atoms with Crippen molar-refractivity contribution in [3.63, 3.8) is 0 Å². The van der Waals surface area contributed by atoms with Crippen LogP contribution in [0, 0.1) is 0 Å². The van der Waals surface area contributed by atoms with E-state index in [-0.39, 0.29) is 0 Å². The standard InChI is InChI=1S/C57H36N2O/c1-3-9-49-39(7-1)13-15-44-35-42(23-31-51(44)49)37-17-25-46(26-18-37)59(48-29-21-41(22-30-48)55-34-33-54-53-11-5-6-12-56(53)60-57(54)58-55)47-27-19-38(20-28-47)43-24-32-52-45(36-43)16-14-40-8-2-4-10-50(40)52/h1-36H. The average molecular weight is 765 g/mol. The number of hydrogen-bond donors (Lipinski definition) is 0. The van der Waals surface area contributed by atoms with Crippen LogP contribution in [-0.2, 0) is 0 Å². The molecule has 0 aliphatic heterocycles. The zero-order chi connectivity index (χ0) is 39.6. The lowest BCUT2D eigenvalue weighted by Crippen LogP contribution is -2.09. The lowest BCUT2D eigenvalue weighted by Gasteiger charge is -2.26. The number of benzene rings is 10. The van der Waals surface area contributed by atoms with Gasteiger partial charge < -0.3 is 9.32 Å². The lowest BCUT2D eigenvalue weighted by atomic mass is 9.97. The third kappa shape index (κ3) is 5.79. The van der Waals surface area contributed by atoms with Crippen molar-refractivity contribution in [2.75, 3.05) is 4.90 Å². The van der Waals surface area contributed by atoms with E-state index in [1.54, 1.807) is 0 Å². The van der Waals surface area contributed by atoms with E-state index in [0.717, 1.165) is 44.7 Å². The van der Waals surface area contributed by atoms with Gasteiger partial charge in [-0.3, -0.25) is 0 Å². The van der Waals surface area contributed by atoms with Crippen LogP contribution in [0.2, 0.25) is 0 Å². The van der Waals surface area contributed by atoms with Gasteiger partial charge in [0.2, 0.25) is 5.71 Å². The number of aromatic nitrogens is 1. The Labute approximate surface area is 347 Å². The molecule has 0 fully saturated rings. The summed E-state index contributed by atoms with van der Waals surface area (Å²) in [6.07, 6.45) is 0. The van der Waals surface area contributed by atoms with E-state index < -0.39 is 0 Å². The summed E-state index contributed by atoms with van der Waals surface area (Å²) in [7, 11) is 0. The molecule has 10 aromatic carbocycles. The molecule has 0 N–H and O–H groups in total. The number of furan rings is 1. The van der Waals surface area contributed by atoms with Crippen molar-refractivity contribution in [3.05, 3.63) is 218 Å². The Balaban J connectivity index is 0.908. The second-order valence-corrected chi connectivity index (χ2v) is 15.6. The Bertz CT molecular complexity index is 3420. The molecule has 0 saturated carbocycles. The van der Waals surface area contributed by atoms with Gasteiger partial charge in [0.15, 0.2) is 0 Å². The first-order valence-corrected chi connectivity index (χ1v) is 20.4. The second kappa shape index (κ2) is 13.8. The zero-order valence-corrected chi connectivity index (χ0v) is 32.6. The van der Waals surface area contributed by atoms with Crippen molar-refractivity contribution in [1.29, 1.82) is 0 Å². The molecule has 3 heteroatoms. The van der Waals surface area contributed by atoms with Crippen LogP contribution in [0.1, 0.15) is 0 Å². The van der Waals surface area contributed by atoms with E-state index >= 15 is 0 Å². The summed E-state index contributed by atoms with van der Waals surface area (Å²) < 4.78 is 6.13. The molecule has 280 valence electrons. The molecule has 12 aromatic rings. The van der Waals surface area contributed by atoms with E-state index in [9.17, 15) is 0 Å². The average Bonchev–Trinajstić information content (AvgIpc) is 3.70. The Morgan fingerprint density at radius 1 is 0.300 bits per heavy atom. The Kier molecular flexibility index (Phi) is 7.85. The third-order valence-electron chi connectivity index (χ3n) is 12.1. The molecule has 0 aliphatic rings. The van der Waals surface area contributed by atoms with E-state index in [4.69, 9.17) is 9.40 Å². The topological polar surface area (TPSA) is 29.3 Å². The number of para-hydroxylation sites is 1. The molecule has 0 spiro atoms. The number of rotatable bonds is 6. The highest BCUT2D eigenvalue weighted by atomic mass is 16.3. The fourth-order valence-corrected chi connectivity index (χ4v) is 8.99. The second-order valence-electron chi connectivity index (χ2n) is 15.6. The van der Waals surface area contributed by atoms with Crippen molar-refractivity contribution in [2.45, 2.75) is 0 Å². The SMILES string of the molecule is c1ccc2c(c1)ccc1cc(-c3ccc(N(c4ccc(-c5ccc6c(ccc7ccccc76)c5)cc4)c4ccc(-c5ccc6c(n5)oc5ccccc56)cc4)cc3)ccc12. The molecule has 0 amide bonds. The highest BCUT2D eigenvalue weighted by Crippen LogP contribution is 2.39. The van der Waals surface area contributed by atoms with E-state index in [0.29, 0.717) is 5.71 Å². The smallest absolute Gasteiger partial charge is 0.227 e. The lowest BCUT2D eigenvalue weighted by molar-refractivity contribution is 0.654. The van der Waals surface area contributed by atoms with Crippen LogP contribution in [-0.4, -0.2) is 4.98 Å². The Morgan fingerprint density at radius 2 is 0.717 bits per heavy atom. The van der Waals surface area contributed by atoms with Crippen molar-refractivity contribution in [3.8, 4) is 33.5 Å². The molecule has 0 saturated heterocycles.